The molecule has 0 aliphatic carbocycles. The third kappa shape index (κ3) is 2.69. The molecule has 0 aliphatic rings. The van der Waals surface area contributed by atoms with Gasteiger partial charge in [0.2, 0.25) is 0 Å². The van der Waals surface area contributed by atoms with E-state index >= 15 is 0 Å². The second-order valence-corrected chi connectivity index (χ2v) is 2.41. The van der Waals surface area contributed by atoms with Crippen molar-refractivity contribution in [1.29, 1.82) is 0 Å². The minimum Gasteiger partial charge on any atom is -0.307 e. The van der Waals surface area contributed by atoms with Crippen LogP contribution in [-0.2, 0) is 6.54 Å². The average molecular weight is 200 g/mol. The Labute approximate surface area is 112 Å². The molecule has 0 bridgehead atoms. The first-order chi connectivity index (χ1) is 4.24. The summed E-state index contributed by atoms with van der Waals surface area (Å²) >= 11 is 9.67. The molecule has 0 fully saturated rings. The summed E-state index contributed by atoms with van der Waals surface area (Å²) < 4.78 is 3.02. The summed E-state index contributed by atoms with van der Waals surface area (Å²) in [5.74, 6) is 0. The van der Waals surface area contributed by atoms with Gasteiger partial charge in [0, 0.05) is 6.54 Å². The van der Waals surface area contributed by atoms with Crippen LogP contribution in [0.25, 0.3) is 0 Å². The van der Waals surface area contributed by atoms with Gasteiger partial charge in [-0.1, -0.05) is 0 Å². The molecule has 0 saturated carbocycles. The van der Waals surface area contributed by atoms with Gasteiger partial charge in [0.25, 0.3) is 0 Å². The minimum atomic E-state index is 0. The SMILES string of the molecule is CCn1[nH]c(=S)[nH]c1=S.[K+]. The monoisotopic (exact) mass is 200 g/mol. The number of aryl methyl sites for hydroxylation is 1. The molecule has 6 heteroatoms. The van der Waals surface area contributed by atoms with Crippen LogP contribution >= 0.6 is 24.4 Å². The average Bonchev–Trinajstić information content (AvgIpc) is 2.10. The molecule has 0 spiro atoms. The molecule has 50 valence electrons. The van der Waals surface area contributed by atoms with E-state index in [9.17, 15) is 0 Å². The van der Waals surface area contributed by atoms with E-state index in [0.717, 1.165) is 6.54 Å². The third-order valence-electron chi connectivity index (χ3n) is 1.02. The number of nitrogens with zero attached hydrogens (tertiary/aromatic N) is 1. The van der Waals surface area contributed by atoms with Crippen molar-refractivity contribution in [3.8, 4) is 0 Å². The van der Waals surface area contributed by atoms with Crippen molar-refractivity contribution in [3.63, 3.8) is 0 Å². The van der Waals surface area contributed by atoms with Crippen molar-refractivity contribution in [2.75, 3.05) is 0 Å². The Kier molecular flexibility index (Phi) is 5.57. The molecule has 0 radical (unpaired) electrons. The van der Waals surface area contributed by atoms with Gasteiger partial charge in [0.15, 0.2) is 9.54 Å². The van der Waals surface area contributed by atoms with Crippen LogP contribution < -0.4 is 51.4 Å². The Morgan fingerprint density at radius 3 is 2.30 bits per heavy atom. The van der Waals surface area contributed by atoms with Gasteiger partial charge in [-0.2, -0.15) is 0 Å². The fourth-order valence-electron chi connectivity index (χ4n) is 0.589. The Bertz CT molecular complexity index is 296. The van der Waals surface area contributed by atoms with E-state index < -0.39 is 0 Å². The summed E-state index contributed by atoms with van der Waals surface area (Å²) in [7, 11) is 0. The van der Waals surface area contributed by atoms with Crippen molar-refractivity contribution in [2.24, 2.45) is 0 Å². The van der Waals surface area contributed by atoms with Crippen LogP contribution in [0.3, 0.4) is 0 Å². The topological polar surface area (TPSA) is 36.5 Å². The maximum atomic E-state index is 4.88. The molecule has 2 N–H and O–H groups in total. The molecule has 1 rings (SSSR count). The molecule has 0 aliphatic heterocycles. The molecule has 3 nitrogen and oxygen atoms in total. The molecule has 0 saturated heterocycles. The molecule has 1 heterocycles. The fourth-order valence-corrected chi connectivity index (χ4v) is 1.14. The Morgan fingerprint density at radius 1 is 1.50 bits per heavy atom. The van der Waals surface area contributed by atoms with Crippen LogP contribution in [0.15, 0.2) is 0 Å². The zero-order valence-corrected chi connectivity index (χ0v) is 10.7. The minimum absolute atomic E-state index is 0. The largest absolute Gasteiger partial charge is 1.00 e. The molecular weight excluding hydrogens is 193 g/mol. The molecule has 0 amide bonds. The van der Waals surface area contributed by atoms with E-state index in [-0.39, 0.29) is 51.4 Å². The van der Waals surface area contributed by atoms with E-state index in [1.165, 1.54) is 0 Å². The zero-order chi connectivity index (χ0) is 6.85. The second kappa shape index (κ2) is 4.97. The van der Waals surface area contributed by atoms with Crippen LogP contribution in [0.2, 0.25) is 0 Å². The van der Waals surface area contributed by atoms with E-state index in [1.807, 2.05) is 6.92 Å². The number of rotatable bonds is 1. The fraction of sp³-hybridized carbons (Fsp3) is 0.500. The molecule has 1 aromatic heterocycles. The van der Waals surface area contributed by atoms with Gasteiger partial charge >= 0.3 is 51.4 Å². The van der Waals surface area contributed by atoms with Crippen molar-refractivity contribution in [2.45, 2.75) is 13.5 Å². The molecule has 1 aromatic rings. The number of H-pyrrole nitrogens is 2. The Hall–Kier alpha value is 1.22. The maximum Gasteiger partial charge on any atom is 1.00 e. The van der Waals surface area contributed by atoms with Crippen molar-refractivity contribution in [3.05, 3.63) is 9.54 Å². The van der Waals surface area contributed by atoms with E-state index in [1.54, 1.807) is 4.68 Å². The van der Waals surface area contributed by atoms with Crippen molar-refractivity contribution < 1.29 is 51.4 Å². The third-order valence-corrected chi connectivity index (χ3v) is 1.53. The van der Waals surface area contributed by atoms with Crippen LogP contribution in [0.5, 0.6) is 0 Å². The standard InChI is InChI=1S/C4H7N3S2.K/c1-2-7-4(9)5-3(8)6-7;/h2H2,1H3,(H2,5,6,8,9);/q;+1. The number of hydrogen-bond acceptors (Lipinski definition) is 2. The molecular formula is C4H7KN3S2+. The van der Waals surface area contributed by atoms with Gasteiger partial charge in [0.05, 0.1) is 0 Å². The van der Waals surface area contributed by atoms with Crippen LogP contribution in [0, 0.1) is 9.54 Å². The van der Waals surface area contributed by atoms with Gasteiger partial charge < -0.3 is 4.98 Å². The molecule has 0 unspecified atom stereocenters. The quantitative estimate of drug-likeness (QED) is 0.433. The Balaban J connectivity index is 0.000000810. The summed E-state index contributed by atoms with van der Waals surface area (Å²) in [5.41, 5.74) is 0. The molecule has 10 heavy (non-hydrogen) atoms. The summed E-state index contributed by atoms with van der Waals surface area (Å²) in [6.07, 6.45) is 0. The van der Waals surface area contributed by atoms with E-state index in [4.69, 9.17) is 24.4 Å². The first-order valence-electron chi connectivity index (χ1n) is 2.63. The summed E-state index contributed by atoms with van der Waals surface area (Å²) in [6.45, 7) is 2.82. The smallest absolute Gasteiger partial charge is 0.307 e. The van der Waals surface area contributed by atoms with Gasteiger partial charge in [-0.05, 0) is 31.4 Å². The normalized spacial score (nSPS) is 8.90. The summed E-state index contributed by atoms with van der Waals surface area (Å²) in [5, 5.41) is 2.87. The predicted molar refractivity (Wildman–Crippen MR) is 40.5 cm³/mol. The van der Waals surface area contributed by atoms with E-state index in [2.05, 4.69) is 10.1 Å². The van der Waals surface area contributed by atoms with Gasteiger partial charge in [0.1, 0.15) is 0 Å². The van der Waals surface area contributed by atoms with Crippen molar-refractivity contribution in [1.82, 2.24) is 14.8 Å². The number of aromatic amines is 2. The number of hydrogen-bond donors (Lipinski definition) is 2. The summed E-state index contributed by atoms with van der Waals surface area (Å²) in [6, 6.07) is 0. The Morgan fingerprint density at radius 2 is 2.10 bits per heavy atom. The van der Waals surface area contributed by atoms with Gasteiger partial charge in [-0.25, -0.2) is 0 Å². The van der Waals surface area contributed by atoms with Gasteiger partial charge in [-0.3, -0.25) is 9.78 Å². The number of nitrogens with one attached hydrogen (secondary N) is 2. The maximum absolute atomic E-state index is 4.88. The van der Waals surface area contributed by atoms with Gasteiger partial charge in [-0.15, -0.1) is 0 Å². The number of aromatic nitrogens is 3. The first-order valence-corrected chi connectivity index (χ1v) is 3.45. The predicted octanol–water partition coefficient (Wildman–Crippen LogP) is -1.37. The van der Waals surface area contributed by atoms with Crippen LogP contribution in [0.4, 0.5) is 0 Å². The van der Waals surface area contributed by atoms with Crippen LogP contribution in [0.1, 0.15) is 6.92 Å². The summed E-state index contributed by atoms with van der Waals surface area (Å²) in [4.78, 5) is 2.80. The second-order valence-electron chi connectivity index (χ2n) is 1.62. The van der Waals surface area contributed by atoms with Crippen molar-refractivity contribution >= 4 is 24.4 Å². The molecule has 0 atom stereocenters. The van der Waals surface area contributed by atoms with Crippen LogP contribution in [-0.4, -0.2) is 14.8 Å². The molecule has 0 aromatic carbocycles. The first kappa shape index (κ1) is 11.2. The zero-order valence-electron chi connectivity index (χ0n) is 5.97. The van der Waals surface area contributed by atoms with E-state index in [0.29, 0.717) is 9.54 Å².